The summed E-state index contributed by atoms with van der Waals surface area (Å²) in [7, 11) is 0. The SMILES string of the molecule is C=CCn1c(COc2ccc(Cl)cc2)nnc1SCc1cn2cc(C)ccc2n1. The second-order valence-electron chi connectivity index (χ2n) is 6.53. The molecule has 0 aliphatic heterocycles. The fraction of sp³-hybridized carbons (Fsp3) is 0.190. The second kappa shape index (κ2) is 8.71. The number of aryl methyl sites for hydroxylation is 1. The topological polar surface area (TPSA) is 57.2 Å². The standard InChI is InChI=1S/C21H20ClN5OS/c1-3-10-27-20(13-28-18-7-5-16(22)6-8-18)24-25-21(27)29-14-17-12-26-11-15(2)4-9-19(26)23-17/h3-9,11-12H,1,10,13-14H2,2H3. The van der Waals surface area contributed by atoms with Crippen LogP contribution in [0.15, 0.2) is 66.6 Å². The van der Waals surface area contributed by atoms with Crippen molar-refractivity contribution in [2.75, 3.05) is 0 Å². The van der Waals surface area contributed by atoms with E-state index in [1.54, 1.807) is 23.9 Å². The van der Waals surface area contributed by atoms with Gasteiger partial charge in [0.25, 0.3) is 0 Å². The minimum Gasteiger partial charge on any atom is -0.486 e. The first-order valence-electron chi connectivity index (χ1n) is 9.11. The van der Waals surface area contributed by atoms with Crippen LogP contribution in [-0.2, 0) is 18.9 Å². The number of benzene rings is 1. The van der Waals surface area contributed by atoms with Crippen molar-refractivity contribution in [1.82, 2.24) is 24.1 Å². The molecule has 3 heterocycles. The molecule has 0 saturated heterocycles. The minimum atomic E-state index is 0.316. The van der Waals surface area contributed by atoms with Gasteiger partial charge in [0.1, 0.15) is 18.0 Å². The zero-order chi connectivity index (χ0) is 20.2. The van der Waals surface area contributed by atoms with Gasteiger partial charge >= 0.3 is 0 Å². The zero-order valence-corrected chi connectivity index (χ0v) is 17.5. The van der Waals surface area contributed by atoms with Crippen LogP contribution in [0.2, 0.25) is 5.02 Å². The first-order chi connectivity index (χ1) is 14.1. The number of thioether (sulfide) groups is 1. The highest BCUT2D eigenvalue weighted by Crippen LogP contribution is 2.23. The Morgan fingerprint density at radius 3 is 2.76 bits per heavy atom. The van der Waals surface area contributed by atoms with E-state index in [1.165, 1.54) is 5.56 Å². The highest BCUT2D eigenvalue weighted by Gasteiger charge is 2.13. The predicted octanol–water partition coefficient (Wildman–Crippen LogP) is 4.94. The Morgan fingerprint density at radius 1 is 1.14 bits per heavy atom. The summed E-state index contributed by atoms with van der Waals surface area (Å²) in [6, 6.07) is 11.3. The van der Waals surface area contributed by atoms with Crippen molar-refractivity contribution >= 4 is 29.0 Å². The Kier molecular flexibility index (Phi) is 5.87. The molecule has 0 unspecified atom stereocenters. The molecule has 4 aromatic rings. The van der Waals surface area contributed by atoms with Crippen LogP contribution in [0.4, 0.5) is 0 Å². The molecule has 0 radical (unpaired) electrons. The van der Waals surface area contributed by atoms with Crippen molar-refractivity contribution in [1.29, 1.82) is 0 Å². The molecule has 0 N–H and O–H groups in total. The number of ether oxygens (including phenoxy) is 1. The molecule has 148 valence electrons. The van der Waals surface area contributed by atoms with E-state index in [4.69, 9.17) is 16.3 Å². The average molecular weight is 426 g/mol. The number of hydrogen-bond donors (Lipinski definition) is 0. The number of aromatic nitrogens is 5. The van der Waals surface area contributed by atoms with Crippen LogP contribution < -0.4 is 4.74 Å². The number of nitrogens with zero attached hydrogens (tertiary/aromatic N) is 5. The summed E-state index contributed by atoms with van der Waals surface area (Å²) in [4.78, 5) is 4.66. The number of imidazole rings is 1. The van der Waals surface area contributed by atoms with Crippen LogP contribution in [0.25, 0.3) is 5.65 Å². The summed E-state index contributed by atoms with van der Waals surface area (Å²) < 4.78 is 9.87. The van der Waals surface area contributed by atoms with Gasteiger partial charge in [-0.1, -0.05) is 35.5 Å². The molecule has 0 atom stereocenters. The zero-order valence-electron chi connectivity index (χ0n) is 16.0. The molecule has 0 spiro atoms. The molecule has 4 rings (SSSR count). The van der Waals surface area contributed by atoms with Crippen molar-refractivity contribution in [3.8, 4) is 5.75 Å². The number of rotatable bonds is 8. The van der Waals surface area contributed by atoms with Gasteiger partial charge in [-0.3, -0.25) is 4.57 Å². The fourth-order valence-electron chi connectivity index (χ4n) is 2.89. The van der Waals surface area contributed by atoms with E-state index >= 15 is 0 Å². The van der Waals surface area contributed by atoms with Gasteiger partial charge < -0.3 is 9.14 Å². The third-order valence-corrected chi connectivity index (χ3v) is 5.54. The highest BCUT2D eigenvalue weighted by atomic mass is 35.5. The van der Waals surface area contributed by atoms with Gasteiger partial charge in [0.2, 0.25) is 0 Å². The average Bonchev–Trinajstić information content (AvgIpc) is 3.29. The number of fused-ring (bicyclic) bond motifs is 1. The Labute approximate surface area is 178 Å². The van der Waals surface area contributed by atoms with Crippen LogP contribution in [0.5, 0.6) is 5.75 Å². The van der Waals surface area contributed by atoms with E-state index in [-0.39, 0.29) is 0 Å². The molecular formula is C21H20ClN5OS. The quantitative estimate of drug-likeness (QED) is 0.295. The van der Waals surface area contributed by atoms with E-state index in [9.17, 15) is 0 Å². The summed E-state index contributed by atoms with van der Waals surface area (Å²) in [5, 5.41) is 10.1. The molecule has 0 saturated carbocycles. The predicted molar refractivity (Wildman–Crippen MR) is 115 cm³/mol. The Bertz CT molecular complexity index is 1140. The molecule has 3 aromatic heterocycles. The third kappa shape index (κ3) is 4.63. The lowest BCUT2D eigenvalue weighted by molar-refractivity contribution is 0.289. The van der Waals surface area contributed by atoms with Crippen LogP contribution in [-0.4, -0.2) is 24.1 Å². The summed E-state index contributed by atoms with van der Waals surface area (Å²) in [6.45, 7) is 6.84. The summed E-state index contributed by atoms with van der Waals surface area (Å²) >= 11 is 7.51. The molecule has 8 heteroatoms. The largest absolute Gasteiger partial charge is 0.486 e. The molecule has 0 amide bonds. The highest BCUT2D eigenvalue weighted by molar-refractivity contribution is 7.98. The number of pyridine rings is 1. The maximum Gasteiger partial charge on any atom is 0.191 e. The Balaban J connectivity index is 1.46. The first kappa shape index (κ1) is 19.5. The lowest BCUT2D eigenvalue weighted by Crippen LogP contribution is -2.07. The molecule has 0 bridgehead atoms. The molecule has 0 fully saturated rings. The molecule has 29 heavy (non-hydrogen) atoms. The van der Waals surface area contributed by atoms with Crippen molar-refractivity contribution in [3.05, 3.63) is 83.6 Å². The minimum absolute atomic E-state index is 0.316. The van der Waals surface area contributed by atoms with Gasteiger partial charge in [0, 0.05) is 29.7 Å². The monoisotopic (exact) mass is 425 g/mol. The van der Waals surface area contributed by atoms with Crippen LogP contribution in [0.1, 0.15) is 17.1 Å². The van der Waals surface area contributed by atoms with E-state index in [2.05, 4.69) is 40.9 Å². The molecule has 1 aromatic carbocycles. The van der Waals surface area contributed by atoms with Crippen LogP contribution in [0, 0.1) is 6.92 Å². The maximum atomic E-state index is 5.91. The lowest BCUT2D eigenvalue weighted by Gasteiger charge is -2.09. The fourth-order valence-corrected chi connectivity index (χ4v) is 3.86. The summed E-state index contributed by atoms with van der Waals surface area (Å²) in [5.41, 5.74) is 3.13. The van der Waals surface area contributed by atoms with Gasteiger partial charge in [-0.15, -0.1) is 16.8 Å². The van der Waals surface area contributed by atoms with Crippen molar-refractivity contribution < 1.29 is 4.74 Å². The molecule has 0 aliphatic rings. The van der Waals surface area contributed by atoms with E-state index in [0.717, 1.165) is 28.1 Å². The second-order valence-corrected chi connectivity index (χ2v) is 7.91. The van der Waals surface area contributed by atoms with E-state index in [1.807, 2.05) is 39.4 Å². The maximum absolute atomic E-state index is 5.91. The van der Waals surface area contributed by atoms with Gasteiger partial charge in [-0.2, -0.15) is 0 Å². The number of hydrogen-bond acceptors (Lipinski definition) is 5. The summed E-state index contributed by atoms with van der Waals surface area (Å²) in [5.74, 6) is 2.18. The first-order valence-corrected chi connectivity index (χ1v) is 10.5. The van der Waals surface area contributed by atoms with Gasteiger partial charge in [0.05, 0.1) is 5.69 Å². The van der Waals surface area contributed by atoms with Crippen molar-refractivity contribution in [2.45, 2.75) is 31.0 Å². The van der Waals surface area contributed by atoms with Crippen molar-refractivity contribution in [2.24, 2.45) is 0 Å². The smallest absolute Gasteiger partial charge is 0.191 e. The molecule has 0 aliphatic carbocycles. The molecular weight excluding hydrogens is 406 g/mol. The van der Waals surface area contributed by atoms with Crippen LogP contribution >= 0.6 is 23.4 Å². The number of allylic oxidation sites excluding steroid dienone is 1. The number of halogens is 1. The van der Waals surface area contributed by atoms with Gasteiger partial charge in [-0.25, -0.2) is 4.98 Å². The van der Waals surface area contributed by atoms with Gasteiger partial charge in [-0.05, 0) is 42.8 Å². The lowest BCUT2D eigenvalue weighted by atomic mass is 10.3. The van der Waals surface area contributed by atoms with Crippen LogP contribution in [0.3, 0.4) is 0 Å². The molecule has 6 nitrogen and oxygen atoms in total. The van der Waals surface area contributed by atoms with E-state index in [0.29, 0.717) is 23.9 Å². The van der Waals surface area contributed by atoms with Crippen molar-refractivity contribution in [3.63, 3.8) is 0 Å². The Morgan fingerprint density at radius 2 is 1.97 bits per heavy atom. The van der Waals surface area contributed by atoms with E-state index < -0.39 is 0 Å². The normalized spacial score (nSPS) is 11.1. The Hall–Kier alpha value is -2.77. The third-order valence-electron chi connectivity index (χ3n) is 4.28. The van der Waals surface area contributed by atoms with Gasteiger partial charge in [0.15, 0.2) is 11.0 Å². The summed E-state index contributed by atoms with van der Waals surface area (Å²) in [6.07, 6.45) is 5.95.